The van der Waals surface area contributed by atoms with E-state index in [1.807, 2.05) is 13.0 Å². The molecule has 0 spiro atoms. The van der Waals surface area contributed by atoms with Crippen LogP contribution in [0, 0.1) is 11.8 Å². The van der Waals surface area contributed by atoms with Gasteiger partial charge in [-0.05, 0) is 38.0 Å². The van der Waals surface area contributed by atoms with Crippen LogP contribution in [-0.2, 0) is 9.53 Å². The molecule has 0 unspecified atom stereocenters. The van der Waals surface area contributed by atoms with Gasteiger partial charge in [0.1, 0.15) is 0 Å². The minimum Gasteiger partial charge on any atom is -0.466 e. The van der Waals surface area contributed by atoms with Gasteiger partial charge in [0.2, 0.25) is 0 Å². The van der Waals surface area contributed by atoms with Crippen molar-refractivity contribution in [3.63, 3.8) is 0 Å². The second kappa shape index (κ2) is 11.7. The maximum atomic E-state index is 11.5. The quantitative estimate of drug-likeness (QED) is 0.379. The summed E-state index contributed by atoms with van der Waals surface area (Å²) in [5.41, 5.74) is 1.38. The Labute approximate surface area is 125 Å². The molecule has 0 aliphatic rings. The van der Waals surface area contributed by atoms with Crippen molar-refractivity contribution in [3.05, 3.63) is 24.3 Å². The van der Waals surface area contributed by atoms with E-state index in [9.17, 15) is 4.79 Å². The highest BCUT2D eigenvalue weighted by atomic mass is 16.5. The first kappa shape index (κ1) is 18.9. The van der Waals surface area contributed by atoms with E-state index in [1.165, 1.54) is 24.8 Å². The highest BCUT2D eigenvalue weighted by molar-refractivity contribution is 5.69. The molecular weight excluding hydrogens is 248 g/mol. The fourth-order valence-corrected chi connectivity index (χ4v) is 2.28. The molecule has 0 aliphatic heterocycles. The van der Waals surface area contributed by atoms with Crippen molar-refractivity contribution in [1.29, 1.82) is 0 Å². The molecule has 116 valence electrons. The second-order valence-corrected chi connectivity index (χ2v) is 5.83. The average molecular weight is 280 g/mol. The number of carbonyl (C=O) groups is 1. The lowest BCUT2D eigenvalue weighted by atomic mass is 9.90. The monoisotopic (exact) mass is 280 g/mol. The van der Waals surface area contributed by atoms with Crippen LogP contribution in [0.25, 0.3) is 0 Å². The number of esters is 1. The van der Waals surface area contributed by atoms with Crippen molar-refractivity contribution >= 4 is 5.97 Å². The number of hydrogen-bond acceptors (Lipinski definition) is 2. The Kier molecular flexibility index (Phi) is 11.1. The molecule has 0 saturated heterocycles. The lowest BCUT2D eigenvalue weighted by molar-refractivity contribution is -0.143. The third-order valence-electron chi connectivity index (χ3n) is 3.52. The summed E-state index contributed by atoms with van der Waals surface area (Å²) in [6.07, 6.45) is 10.1. The van der Waals surface area contributed by atoms with E-state index in [0.29, 0.717) is 18.9 Å². The largest absolute Gasteiger partial charge is 0.466 e. The molecule has 0 aliphatic carbocycles. The topological polar surface area (TPSA) is 26.3 Å². The Balaban J connectivity index is 4.32. The van der Waals surface area contributed by atoms with Crippen molar-refractivity contribution in [2.45, 2.75) is 66.2 Å². The predicted molar refractivity (Wildman–Crippen MR) is 86.6 cm³/mol. The molecule has 0 saturated carbocycles. The first-order valence-corrected chi connectivity index (χ1v) is 7.96. The molecule has 0 bridgehead atoms. The number of allylic oxidation sites excluding steroid dienone is 3. The van der Waals surface area contributed by atoms with Crippen LogP contribution in [0.5, 0.6) is 0 Å². The Hall–Kier alpha value is -1.05. The fraction of sp³-hybridized carbons (Fsp3) is 0.722. The van der Waals surface area contributed by atoms with E-state index < -0.39 is 0 Å². The highest BCUT2D eigenvalue weighted by Crippen LogP contribution is 2.24. The van der Waals surface area contributed by atoms with Gasteiger partial charge in [0.25, 0.3) is 0 Å². The van der Waals surface area contributed by atoms with Crippen molar-refractivity contribution in [1.82, 2.24) is 0 Å². The summed E-state index contributed by atoms with van der Waals surface area (Å²) in [4.78, 5) is 11.5. The molecule has 0 amide bonds. The number of ether oxygens (including phenoxy) is 1. The summed E-state index contributed by atoms with van der Waals surface area (Å²) >= 11 is 0. The molecule has 0 fully saturated rings. The molecule has 0 rings (SSSR count). The minimum absolute atomic E-state index is 0.0913. The zero-order chi connectivity index (χ0) is 15.4. The van der Waals surface area contributed by atoms with Gasteiger partial charge < -0.3 is 4.74 Å². The van der Waals surface area contributed by atoms with Gasteiger partial charge in [-0.3, -0.25) is 4.79 Å². The smallest absolute Gasteiger partial charge is 0.306 e. The molecular formula is C18H32O2. The van der Waals surface area contributed by atoms with E-state index in [-0.39, 0.29) is 5.97 Å². The Morgan fingerprint density at radius 3 is 2.45 bits per heavy atom. The summed E-state index contributed by atoms with van der Waals surface area (Å²) in [5.74, 6) is 1.22. The van der Waals surface area contributed by atoms with E-state index in [2.05, 4.69) is 33.4 Å². The molecule has 0 radical (unpaired) electrons. The number of rotatable bonds is 11. The Bertz CT molecular complexity index is 303. The fourth-order valence-electron chi connectivity index (χ4n) is 2.28. The normalized spacial score (nSPS) is 13.3. The molecule has 20 heavy (non-hydrogen) atoms. The van der Waals surface area contributed by atoms with Crippen molar-refractivity contribution in [2.24, 2.45) is 11.8 Å². The van der Waals surface area contributed by atoms with Gasteiger partial charge >= 0.3 is 5.97 Å². The van der Waals surface area contributed by atoms with Crippen LogP contribution >= 0.6 is 0 Å². The summed E-state index contributed by atoms with van der Waals surface area (Å²) in [7, 11) is 0. The van der Waals surface area contributed by atoms with Gasteiger partial charge in [0.15, 0.2) is 0 Å². The van der Waals surface area contributed by atoms with Gasteiger partial charge in [0.05, 0.1) is 6.61 Å². The van der Waals surface area contributed by atoms with Crippen LogP contribution in [0.2, 0.25) is 0 Å². The predicted octanol–water partition coefficient (Wildman–Crippen LogP) is 5.29. The van der Waals surface area contributed by atoms with E-state index in [0.717, 1.165) is 18.8 Å². The second-order valence-electron chi connectivity index (χ2n) is 5.83. The SMILES string of the molecule is C=CC/C=C(/CCC(=O)OCC)[C@H](C)CCCC(C)C. The lowest BCUT2D eigenvalue weighted by Gasteiger charge is -2.17. The number of carbonyl (C=O) groups excluding carboxylic acids is 1. The summed E-state index contributed by atoms with van der Waals surface area (Å²) < 4.78 is 5.00. The van der Waals surface area contributed by atoms with Gasteiger partial charge in [0, 0.05) is 6.42 Å². The third-order valence-corrected chi connectivity index (χ3v) is 3.52. The zero-order valence-electron chi connectivity index (χ0n) is 13.8. The first-order chi connectivity index (χ1) is 9.51. The van der Waals surface area contributed by atoms with Crippen molar-refractivity contribution in [2.75, 3.05) is 6.61 Å². The summed E-state index contributed by atoms with van der Waals surface area (Å²) in [6, 6.07) is 0. The van der Waals surface area contributed by atoms with Gasteiger partial charge in [-0.15, -0.1) is 6.58 Å². The molecule has 0 aromatic rings. The molecule has 2 heteroatoms. The van der Waals surface area contributed by atoms with Crippen molar-refractivity contribution < 1.29 is 9.53 Å². The molecule has 2 nitrogen and oxygen atoms in total. The summed E-state index contributed by atoms with van der Waals surface area (Å²) in [6.45, 7) is 12.9. The minimum atomic E-state index is -0.0913. The van der Waals surface area contributed by atoms with E-state index in [4.69, 9.17) is 4.74 Å². The van der Waals surface area contributed by atoms with Gasteiger partial charge in [-0.1, -0.05) is 51.3 Å². The Morgan fingerprint density at radius 1 is 1.20 bits per heavy atom. The molecule has 1 atom stereocenters. The van der Waals surface area contributed by atoms with Gasteiger partial charge in [-0.25, -0.2) is 0 Å². The average Bonchev–Trinajstić information content (AvgIpc) is 2.38. The maximum absolute atomic E-state index is 11.5. The zero-order valence-corrected chi connectivity index (χ0v) is 13.8. The lowest BCUT2D eigenvalue weighted by Crippen LogP contribution is -2.07. The molecule has 0 aromatic carbocycles. The van der Waals surface area contributed by atoms with Crippen LogP contribution in [0.1, 0.15) is 66.2 Å². The van der Waals surface area contributed by atoms with Gasteiger partial charge in [-0.2, -0.15) is 0 Å². The molecule has 0 aromatic heterocycles. The molecule has 0 N–H and O–H groups in total. The maximum Gasteiger partial charge on any atom is 0.306 e. The third kappa shape index (κ3) is 9.82. The van der Waals surface area contributed by atoms with Crippen LogP contribution < -0.4 is 0 Å². The molecule has 0 heterocycles. The Morgan fingerprint density at radius 2 is 1.90 bits per heavy atom. The van der Waals surface area contributed by atoms with Crippen molar-refractivity contribution in [3.8, 4) is 0 Å². The first-order valence-electron chi connectivity index (χ1n) is 7.96. The van der Waals surface area contributed by atoms with E-state index >= 15 is 0 Å². The van der Waals surface area contributed by atoms with Crippen LogP contribution in [0.15, 0.2) is 24.3 Å². The van der Waals surface area contributed by atoms with Crippen LogP contribution in [0.3, 0.4) is 0 Å². The summed E-state index contributed by atoms with van der Waals surface area (Å²) in [5, 5.41) is 0. The number of hydrogen-bond donors (Lipinski definition) is 0. The van der Waals surface area contributed by atoms with E-state index in [1.54, 1.807) is 0 Å². The standard InChI is InChI=1S/C18H32O2/c1-6-8-12-17(13-14-18(19)20-7-2)16(5)11-9-10-15(3)4/h6,12,15-16H,1,7-11,13-14H2,2-5H3/b17-12-/t16-/m1/s1. The van der Waals surface area contributed by atoms with Crippen LogP contribution in [-0.4, -0.2) is 12.6 Å². The van der Waals surface area contributed by atoms with Crippen LogP contribution in [0.4, 0.5) is 0 Å². The highest BCUT2D eigenvalue weighted by Gasteiger charge is 2.11.